The summed E-state index contributed by atoms with van der Waals surface area (Å²) in [6.45, 7) is 3.82. The van der Waals surface area contributed by atoms with Crippen molar-refractivity contribution >= 4 is 45.0 Å². The van der Waals surface area contributed by atoms with E-state index in [1.54, 1.807) is 31.2 Å². The lowest BCUT2D eigenvalue weighted by molar-refractivity contribution is -0.140. The van der Waals surface area contributed by atoms with Crippen molar-refractivity contribution in [2.45, 2.75) is 44.2 Å². The number of hydrogen-bond acceptors (Lipinski definition) is 4. The Morgan fingerprint density at radius 2 is 1.73 bits per heavy atom. The van der Waals surface area contributed by atoms with Gasteiger partial charge in [-0.25, -0.2) is 8.42 Å². The van der Waals surface area contributed by atoms with E-state index in [2.05, 4.69) is 5.32 Å². The fourth-order valence-corrected chi connectivity index (χ4v) is 4.56. The van der Waals surface area contributed by atoms with E-state index in [0.29, 0.717) is 16.6 Å². The lowest BCUT2D eigenvalue weighted by atomic mass is 10.1. The van der Waals surface area contributed by atoms with Crippen molar-refractivity contribution in [1.82, 2.24) is 14.5 Å². The van der Waals surface area contributed by atoms with Crippen LogP contribution in [-0.2, 0) is 26.2 Å². The van der Waals surface area contributed by atoms with Gasteiger partial charge in [0.2, 0.25) is 21.8 Å². The molecule has 0 bridgehead atoms. The Balaban J connectivity index is 2.24. The number of hydrogen-bond donors (Lipinski definition) is 1. The molecular weight excluding hydrogens is 485 g/mol. The number of rotatable bonds is 11. The van der Waals surface area contributed by atoms with Crippen molar-refractivity contribution in [3.63, 3.8) is 0 Å². The fourth-order valence-electron chi connectivity index (χ4n) is 3.10. The van der Waals surface area contributed by atoms with E-state index in [9.17, 15) is 18.0 Å². The molecule has 2 aromatic rings. The zero-order valence-electron chi connectivity index (χ0n) is 18.9. The van der Waals surface area contributed by atoms with Crippen LogP contribution in [0, 0.1) is 0 Å². The van der Waals surface area contributed by atoms with E-state index in [-0.39, 0.29) is 17.3 Å². The average molecular weight is 514 g/mol. The maximum Gasteiger partial charge on any atom is 0.243 e. The first-order valence-electron chi connectivity index (χ1n) is 10.6. The van der Waals surface area contributed by atoms with E-state index in [0.717, 1.165) is 22.7 Å². The largest absolute Gasteiger partial charge is 0.354 e. The van der Waals surface area contributed by atoms with Crippen molar-refractivity contribution < 1.29 is 18.0 Å². The minimum Gasteiger partial charge on any atom is -0.354 e. The number of sulfonamides is 1. The molecule has 2 aromatic carbocycles. The molecule has 33 heavy (non-hydrogen) atoms. The molecule has 0 spiro atoms. The van der Waals surface area contributed by atoms with Crippen molar-refractivity contribution in [3.05, 3.63) is 64.1 Å². The lowest BCUT2D eigenvalue weighted by Gasteiger charge is -2.30. The Hall–Kier alpha value is -2.13. The van der Waals surface area contributed by atoms with Gasteiger partial charge >= 0.3 is 0 Å². The number of nitrogens with zero attached hydrogens (tertiary/aromatic N) is 2. The second kappa shape index (κ2) is 12.4. The predicted molar refractivity (Wildman–Crippen MR) is 131 cm³/mol. The molecule has 10 heteroatoms. The smallest absolute Gasteiger partial charge is 0.243 e. The summed E-state index contributed by atoms with van der Waals surface area (Å²) in [7, 11) is -2.60. The molecule has 0 saturated heterocycles. The van der Waals surface area contributed by atoms with Gasteiger partial charge in [-0.1, -0.05) is 48.7 Å². The summed E-state index contributed by atoms with van der Waals surface area (Å²) in [6.07, 6.45) is 1.75. The number of benzene rings is 2. The van der Waals surface area contributed by atoms with E-state index in [4.69, 9.17) is 23.2 Å². The molecule has 180 valence electrons. The van der Waals surface area contributed by atoms with Crippen LogP contribution >= 0.6 is 23.2 Å². The topological polar surface area (TPSA) is 86.8 Å². The summed E-state index contributed by atoms with van der Waals surface area (Å²) in [6, 6.07) is 11.9. The average Bonchev–Trinajstić information content (AvgIpc) is 2.77. The highest BCUT2D eigenvalue weighted by atomic mass is 35.5. The number of likely N-dealkylation sites (N-methyl/N-ethyl adjacent to an activating group) is 1. The van der Waals surface area contributed by atoms with E-state index < -0.39 is 28.5 Å². The minimum absolute atomic E-state index is 0.0222. The van der Waals surface area contributed by atoms with Gasteiger partial charge in [0.15, 0.2) is 0 Å². The van der Waals surface area contributed by atoms with Gasteiger partial charge in [0.25, 0.3) is 0 Å². The molecule has 2 amide bonds. The van der Waals surface area contributed by atoms with E-state index in [1.807, 2.05) is 6.92 Å². The number of halogens is 2. The summed E-state index contributed by atoms with van der Waals surface area (Å²) in [5, 5.41) is 3.74. The highest BCUT2D eigenvalue weighted by Gasteiger charge is 2.30. The van der Waals surface area contributed by atoms with Crippen LogP contribution in [0.3, 0.4) is 0 Å². The third kappa shape index (κ3) is 7.71. The summed E-state index contributed by atoms with van der Waals surface area (Å²) in [4.78, 5) is 27.3. The number of carbonyl (C=O) groups excluding carboxylic acids is 2. The van der Waals surface area contributed by atoms with Gasteiger partial charge in [0.1, 0.15) is 6.04 Å². The molecule has 1 N–H and O–H groups in total. The number of amides is 2. The summed E-state index contributed by atoms with van der Waals surface area (Å²) in [5.41, 5.74) is 0.729. The molecule has 0 fully saturated rings. The Kier molecular flexibility index (Phi) is 10.2. The quantitative estimate of drug-likeness (QED) is 0.460. The molecule has 0 aromatic heterocycles. The SMILES string of the molecule is CCCCNC(=O)[C@H](C)N(Cc1cccc(Cl)c1)C(=O)CN(C)S(=O)(=O)c1ccc(Cl)cc1. The molecule has 0 aliphatic carbocycles. The van der Waals surface area contributed by atoms with Gasteiger partial charge in [0.05, 0.1) is 11.4 Å². The van der Waals surface area contributed by atoms with Crippen molar-refractivity contribution in [2.75, 3.05) is 20.1 Å². The predicted octanol–water partition coefficient (Wildman–Crippen LogP) is 3.95. The normalized spacial score (nSPS) is 12.4. The monoisotopic (exact) mass is 513 g/mol. The summed E-state index contributed by atoms with van der Waals surface area (Å²) >= 11 is 11.9. The number of unbranched alkanes of at least 4 members (excludes halogenated alkanes) is 1. The Bertz CT molecular complexity index is 1060. The van der Waals surface area contributed by atoms with Gasteiger partial charge in [-0.05, 0) is 55.3 Å². The van der Waals surface area contributed by atoms with Gasteiger partial charge in [-0.2, -0.15) is 4.31 Å². The molecule has 0 heterocycles. The number of nitrogens with one attached hydrogen (secondary N) is 1. The first kappa shape index (κ1) is 27.1. The lowest BCUT2D eigenvalue weighted by Crippen LogP contribution is -2.50. The molecule has 0 aliphatic heterocycles. The first-order chi connectivity index (χ1) is 15.6. The Morgan fingerprint density at radius 3 is 2.33 bits per heavy atom. The van der Waals surface area contributed by atoms with E-state index >= 15 is 0 Å². The minimum atomic E-state index is -3.92. The first-order valence-corrected chi connectivity index (χ1v) is 12.8. The summed E-state index contributed by atoms with van der Waals surface area (Å²) < 4.78 is 26.8. The zero-order valence-corrected chi connectivity index (χ0v) is 21.3. The molecule has 0 unspecified atom stereocenters. The Morgan fingerprint density at radius 1 is 1.06 bits per heavy atom. The maximum atomic E-state index is 13.2. The van der Waals surface area contributed by atoms with E-state index in [1.165, 1.54) is 36.2 Å². The zero-order chi connectivity index (χ0) is 24.6. The molecule has 0 saturated carbocycles. The molecule has 0 aliphatic rings. The third-order valence-corrected chi connectivity index (χ3v) is 7.42. The van der Waals surface area contributed by atoms with Gasteiger partial charge in [0, 0.05) is 30.2 Å². The van der Waals surface area contributed by atoms with Crippen LogP contribution in [0.15, 0.2) is 53.4 Å². The highest BCUT2D eigenvalue weighted by molar-refractivity contribution is 7.89. The van der Waals surface area contributed by atoms with Gasteiger partial charge in [-0.3, -0.25) is 9.59 Å². The van der Waals surface area contributed by atoms with Crippen molar-refractivity contribution in [3.8, 4) is 0 Å². The second-order valence-corrected chi connectivity index (χ2v) is 10.6. The molecule has 2 rings (SSSR count). The van der Waals surface area contributed by atoms with Crippen LogP contribution in [0.5, 0.6) is 0 Å². The standard InChI is InChI=1S/C23H29Cl2N3O4S/c1-4-5-13-26-23(30)17(2)28(15-18-7-6-8-20(25)14-18)22(29)16-27(3)33(31,32)21-11-9-19(24)10-12-21/h6-12,14,17H,4-5,13,15-16H2,1-3H3,(H,26,30)/t17-/m0/s1. The number of carbonyl (C=O) groups is 2. The molecule has 0 radical (unpaired) electrons. The van der Waals surface area contributed by atoms with Crippen LogP contribution in [0.25, 0.3) is 0 Å². The van der Waals surface area contributed by atoms with Gasteiger partial charge in [-0.15, -0.1) is 0 Å². The van der Waals surface area contributed by atoms with Crippen molar-refractivity contribution in [1.29, 1.82) is 0 Å². The molecular formula is C23H29Cl2N3O4S. The fraction of sp³-hybridized carbons (Fsp3) is 0.391. The summed E-state index contributed by atoms with van der Waals surface area (Å²) in [5.74, 6) is -0.810. The van der Waals surface area contributed by atoms with Gasteiger partial charge < -0.3 is 10.2 Å². The maximum absolute atomic E-state index is 13.2. The molecule has 7 nitrogen and oxygen atoms in total. The van der Waals surface area contributed by atoms with Crippen LogP contribution in [0.4, 0.5) is 0 Å². The van der Waals surface area contributed by atoms with Crippen LogP contribution in [0.1, 0.15) is 32.3 Å². The molecule has 1 atom stereocenters. The van der Waals surface area contributed by atoms with Crippen LogP contribution in [0.2, 0.25) is 10.0 Å². The third-order valence-electron chi connectivity index (χ3n) is 5.12. The Labute approximate surface area is 205 Å². The highest BCUT2D eigenvalue weighted by Crippen LogP contribution is 2.19. The van der Waals surface area contributed by atoms with Crippen LogP contribution in [-0.4, -0.2) is 55.6 Å². The van der Waals surface area contributed by atoms with Crippen LogP contribution < -0.4 is 5.32 Å². The van der Waals surface area contributed by atoms with Crippen molar-refractivity contribution in [2.24, 2.45) is 0 Å². The second-order valence-electron chi connectivity index (χ2n) is 7.69.